The Bertz CT molecular complexity index is 722. The summed E-state index contributed by atoms with van der Waals surface area (Å²) in [6.45, 7) is 3.21. The van der Waals surface area contributed by atoms with Gasteiger partial charge in [0.15, 0.2) is 0 Å². The average Bonchev–Trinajstić information content (AvgIpc) is 2.80. The number of imide groups is 1. The number of methoxy groups -OCH3 is 2. The van der Waals surface area contributed by atoms with Gasteiger partial charge in [0.25, 0.3) is 5.91 Å². The van der Waals surface area contributed by atoms with Gasteiger partial charge in [-0.15, -0.1) is 0 Å². The van der Waals surface area contributed by atoms with E-state index in [0.29, 0.717) is 17.1 Å². The number of hydrogen-bond acceptors (Lipinski definition) is 6. The molecular formula is C17H22N4O5. The number of ether oxygens (including phenoxy) is 2. The Labute approximate surface area is 151 Å². The van der Waals surface area contributed by atoms with E-state index in [9.17, 15) is 14.4 Å². The average molecular weight is 362 g/mol. The van der Waals surface area contributed by atoms with Crippen molar-refractivity contribution < 1.29 is 23.9 Å². The predicted octanol–water partition coefficient (Wildman–Crippen LogP) is 0.874. The van der Waals surface area contributed by atoms with Gasteiger partial charge in [0.1, 0.15) is 17.0 Å². The van der Waals surface area contributed by atoms with Gasteiger partial charge < -0.3 is 14.8 Å². The number of urea groups is 1. The number of carbonyl (C=O) groups is 3. The molecule has 0 saturated carbocycles. The number of benzene rings is 1. The fraction of sp³-hybridized carbons (Fsp3) is 0.412. The molecule has 1 aromatic rings. The number of hydrogen-bond donors (Lipinski definition) is 2. The van der Waals surface area contributed by atoms with E-state index in [1.807, 2.05) is 0 Å². The molecule has 0 unspecified atom stereocenters. The molecule has 1 fully saturated rings. The maximum absolute atomic E-state index is 12.0. The number of amides is 4. The van der Waals surface area contributed by atoms with E-state index in [4.69, 9.17) is 9.47 Å². The molecule has 0 bridgehead atoms. The molecule has 1 saturated heterocycles. The highest BCUT2D eigenvalue weighted by Crippen LogP contribution is 2.21. The highest BCUT2D eigenvalue weighted by molar-refractivity contribution is 6.06. The molecule has 0 atom stereocenters. The molecular weight excluding hydrogens is 340 g/mol. The molecule has 0 aromatic heterocycles. The molecule has 0 radical (unpaired) electrons. The van der Waals surface area contributed by atoms with Crippen molar-refractivity contribution in [3.63, 3.8) is 0 Å². The normalized spacial score (nSPS) is 15.9. The Morgan fingerprint density at radius 2 is 1.85 bits per heavy atom. The number of carbonyl (C=O) groups excluding carboxylic acids is 3. The summed E-state index contributed by atoms with van der Waals surface area (Å²) in [4.78, 5) is 36.7. The second-order valence-corrected chi connectivity index (χ2v) is 6.20. The summed E-state index contributed by atoms with van der Waals surface area (Å²) in [5, 5.41) is 6.42. The minimum absolute atomic E-state index is 0.0115. The number of rotatable bonds is 7. The standard InChI is InChI=1S/C17H22N4O5/c1-17(2)15(23)21(16(24)19-17)6-5-14(22)20-18-10-11-7-12(25-3)9-13(8-11)26-4/h7-10H,5-6H2,1-4H3,(H,19,24)(H,20,22)/b18-10-. The number of nitrogens with zero attached hydrogens (tertiary/aromatic N) is 2. The smallest absolute Gasteiger partial charge is 0.325 e. The lowest BCUT2D eigenvalue weighted by atomic mass is 10.1. The van der Waals surface area contributed by atoms with E-state index in [-0.39, 0.29) is 18.9 Å². The van der Waals surface area contributed by atoms with Gasteiger partial charge >= 0.3 is 6.03 Å². The molecule has 2 rings (SSSR count). The highest BCUT2D eigenvalue weighted by atomic mass is 16.5. The van der Waals surface area contributed by atoms with Gasteiger partial charge in [-0.25, -0.2) is 10.2 Å². The van der Waals surface area contributed by atoms with Crippen LogP contribution in [0.4, 0.5) is 4.79 Å². The van der Waals surface area contributed by atoms with Crippen LogP contribution in [0, 0.1) is 0 Å². The fourth-order valence-electron chi connectivity index (χ4n) is 2.37. The lowest BCUT2D eigenvalue weighted by Crippen LogP contribution is -2.40. The first-order valence-electron chi connectivity index (χ1n) is 7.96. The third-order valence-corrected chi connectivity index (χ3v) is 3.78. The van der Waals surface area contributed by atoms with Crippen LogP contribution in [0.2, 0.25) is 0 Å². The van der Waals surface area contributed by atoms with Gasteiger partial charge in [-0.1, -0.05) is 0 Å². The zero-order valence-electron chi connectivity index (χ0n) is 15.2. The third kappa shape index (κ3) is 4.50. The van der Waals surface area contributed by atoms with E-state index in [1.54, 1.807) is 32.0 Å². The van der Waals surface area contributed by atoms with Crippen LogP contribution in [0.3, 0.4) is 0 Å². The summed E-state index contributed by atoms with van der Waals surface area (Å²) < 4.78 is 10.3. The minimum atomic E-state index is -0.947. The molecule has 0 aliphatic carbocycles. The Kier molecular flexibility index (Phi) is 5.81. The van der Waals surface area contributed by atoms with E-state index in [2.05, 4.69) is 15.8 Å². The van der Waals surface area contributed by atoms with Crippen LogP contribution in [0.25, 0.3) is 0 Å². The van der Waals surface area contributed by atoms with Crippen molar-refractivity contribution in [2.75, 3.05) is 20.8 Å². The van der Waals surface area contributed by atoms with Gasteiger partial charge in [-0.05, 0) is 26.0 Å². The number of hydrazone groups is 1. The highest BCUT2D eigenvalue weighted by Gasteiger charge is 2.43. The van der Waals surface area contributed by atoms with Crippen molar-refractivity contribution in [1.82, 2.24) is 15.6 Å². The van der Waals surface area contributed by atoms with E-state index < -0.39 is 17.5 Å². The summed E-state index contributed by atoms with van der Waals surface area (Å²) in [7, 11) is 3.07. The second-order valence-electron chi connectivity index (χ2n) is 6.20. The summed E-state index contributed by atoms with van der Waals surface area (Å²) >= 11 is 0. The first kappa shape index (κ1) is 19.2. The zero-order chi connectivity index (χ0) is 19.3. The maximum atomic E-state index is 12.0. The van der Waals surface area contributed by atoms with Crippen LogP contribution in [0.1, 0.15) is 25.8 Å². The Morgan fingerprint density at radius 1 is 1.23 bits per heavy atom. The van der Waals surface area contributed by atoms with Gasteiger partial charge in [0.2, 0.25) is 5.91 Å². The molecule has 26 heavy (non-hydrogen) atoms. The van der Waals surface area contributed by atoms with Crippen molar-refractivity contribution in [2.45, 2.75) is 25.8 Å². The molecule has 1 aromatic carbocycles. The topological polar surface area (TPSA) is 109 Å². The van der Waals surface area contributed by atoms with E-state index in [1.165, 1.54) is 20.4 Å². The van der Waals surface area contributed by atoms with E-state index in [0.717, 1.165) is 4.90 Å². The minimum Gasteiger partial charge on any atom is -0.497 e. The molecule has 4 amide bonds. The molecule has 2 N–H and O–H groups in total. The van der Waals surface area contributed by atoms with Crippen LogP contribution in [-0.2, 0) is 9.59 Å². The summed E-state index contributed by atoms with van der Waals surface area (Å²) in [6.07, 6.45) is 1.40. The zero-order valence-corrected chi connectivity index (χ0v) is 15.2. The largest absolute Gasteiger partial charge is 0.497 e. The Hall–Kier alpha value is -3.10. The summed E-state index contributed by atoms with van der Waals surface area (Å²) in [5.74, 6) is 0.417. The molecule has 1 aliphatic heterocycles. The van der Waals surface area contributed by atoms with Gasteiger partial charge in [0, 0.05) is 24.6 Å². The molecule has 9 nitrogen and oxygen atoms in total. The maximum Gasteiger partial charge on any atom is 0.325 e. The molecule has 140 valence electrons. The van der Waals surface area contributed by atoms with Gasteiger partial charge in [-0.3, -0.25) is 14.5 Å². The summed E-state index contributed by atoms with van der Waals surface area (Å²) in [6, 6.07) is 4.68. The van der Waals surface area contributed by atoms with Crippen molar-refractivity contribution in [3.05, 3.63) is 23.8 Å². The van der Waals surface area contributed by atoms with Crippen molar-refractivity contribution in [3.8, 4) is 11.5 Å². The number of nitrogens with one attached hydrogen (secondary N) is 2. The Balaban J connectivity index is 1.88. The van der Waals surface area contributed by atoms with Crippen LogP contribution in [0.15, 0.2) is 23.3 Å². The second kappa shape index (κ2) is 7.85. The molecule has 0 spiro atoms. The first-order chi connectivity index (χ1) is 12.3. The monoisotopic (exact) mass is 362 g/mol. The molecule has 1 aliphatic rings. The van der Waals surface area contributed by atoms with Crippen molar-refractivity contribution in [1.29, 1.82) is 0 Å². The van der Waals surface area contributed by atoms with Crippen LogP contribution in [-0.4, -0.2) is 55.3 Å². The van der Waals surface area contributed by atoms with Gasteiger partial charge in [0.05, 0.1) is 20.4 Å². The first-order valence-corrected chi connectivity index (χ1v) is 7.96. The lowest BCUT2D eigenvalue weighted by molar-refractivity contribution is -0.130. The lowest BCUT2D eigenvalue weighted by Gasteiger charge is -2.15. The van der Waals surface area contributed by atoms with Crippen molar-refractivity contribution >= 4 is 24.1 Å². The van der Waals surface area contributed by atoms with Crippen molar-refractivity contribution in [2.24, 2.45) is 5.10 Å². The van der Waals surface area contributed by atoms with E-state index >= 15 is 0 Å². The van der Waals surface area contributed by atoms with Crippen LogP contribution < -0.4 is 20.2 Å². The quantitative estimate of drug-likeness (QED) is 0.425. The molecule has 9 heteroatoms. The SMILES string of the molecule is COc1cc(/C=N\NC(=O)CCN2C(=O)NC(C)(C)C2=O)cc(OC)c1. The molecule has 1 heterocycles. The summed E-state index contributed by atoms with van der Waals surface area (Å²) in [5.41, 5.74) is 2.09. The third-order valence-electron chi connectivity index (χ3n) is 3.78. The fourth-order valence-corrected chi connectivity index (χ4v) is 2.37. The Morgan fingerprint density at radius 3 is 2.35 bits per heavy atom. The van der Waals surface area contributed by atoms with Crippen LogP contribution >= 0.6 is 0 Å². The predicted molar refractivity (Wildman–Crippen MR) is 94.2 cm³/mol. The van der Waals surface area contributed by atoms with Crippen LogP contribution in [0.5, 0.6) is 11.5 Å². The van der Waals surface area contributed by atoms with Gasteiger partial charge in [-0.2, -0.15) is 5.10 Å².